The van der Waals surface area contributed by atoms with Crippen LogP contribution in [0.5, 0.6) is 11.5 Å². The van der Waals surface area contributed by atoms with Crippen LogP contribution < -0.4 is 9.47 Å². The van der Waals surface area contributed by atoms with E-state index in [1.165, 1.54) is 7.11 Å². The summed E-state index contributed by atoms with van der Waals surface area (Å²) < 4.78 is 33.4. The topological polar surface area (TPSA) is 95.7 Å². The van der Waals surface area contributed by atoms with E-state index >= 15 is 0 Å². The highest BCUT2D eigenvalue weighted by Crippen LogP contribution is 2.39. The molecule has 0 saturated carbocycles. The first-order valence-electron chi connectivity index (χ1n) is 6.25. The number of unbranched alkanes of at least 4 members (excludes halogenated alkanes) is 2. The zero-order chi connectivity index (χ0) is 16.0. The summed E-state index contributed by atoms with van der Waals surface area (Å²) in [5.41, 5.74) is -0.430. The molecule has 0 amide bonds. The minimum Gasteiger partial charge on any atom is -0.492 e. The molecule has 1 aromatic rings. The average Bonchev–Trinajstić information content (AvgIpc) is 2.41. The molecule has 0 aromatic heterocycles. The second-order valence-corrected chi connectivity index (χ2v) is 6.76. The van der Waals surface area contributed by atoms with Crippen LogP contribution in [0.1, 0.15) is 26.2 Å². The van der Waals surface area contributed by atoms with Gasteiger partial charge < -0.3 is 9.47 Å². The lowest BCUT2D eigenvalue weighted by atomic mass is 10.2. The van der Waals surface area contributed by atoms with E-state index in [4.69, 9.17) is 20.2 Å². The van der Waals surface area contributed by atoms with Crippen molar-refractivity contribution >= 4 is 25.4 Å². The maximum atomic E-state index is 11.5. The Hall–Kier alpha value is -1.54. The lowest BCUT2D eigenvalue weighted by Crippen LogP contribution is -2.04. The van der Waals surface area contributed by atoms with Crippen molar-refractivity contribution in [3.8, 4) is 11.5 Å². The van der Waals surface area contributed by atoms with E-state index in [2.05, 4.69) is 0 Å². The number of hydrogen-bond donors (Lipinski definition) is 0. The molecule has 0 heterocycles. The number of nitrogens with zero attached hydrogens (tertiary/aromatic N) is 1. The van der Waals surface area contributed by atoms with Crippen molar-refractivity contribution in [2.24, 2.45) is 0 Å². The van der Waals surface area contributed by atoms with E-state index in [-0.39, 0.29) is 11.5 Å². The fourth-order valence-electron chi connectivity index (χ4n) is 1.69. The van der Waals surface area contributed by atoms with Gasteiger partial charge in [-0.15, -0.1) is 0 Å². The van der Waals surface area contributed by atoms with Crippen molar-refractivity contribution in [3.05, 3.63) is 22.2 Å². The molecule has 0 N–H and O–H groups in total. The Balaban J connectivity index is 3.26. The molecule has 1 rings (SSSR count). The van der Waals surface area contributed by atoms with Crippen LogP contribution in [0.15, 0.2) is 17.0 Å². The normalized spacial score (nSPS) is 11.2. The van der Waals surface area contributed by atoms with Crippen LogP contribution in [0.4, 0.5) is 5.69 Å². The predicted molar refractivity (Wildman–Crippen MR) is 77.7 cm³/mol. The number of ether oxygens (including phenoxy) is 2. The monoisotopic (exact) mass is 337 g/mol. The van der Waals surface area contributed by atoms with E-state index in [1.807, 2.05) is 6.92 Å². The molecular weight excluding hydrogens is 322 g/mol. The summed E-state index contributed by atoms with van der Waals surface area (Å²) in [7, 11) is 2.33. The van der Waals surface area contributed by atoms with Crippen LogP contribution in [0.25, 0.3) is 0 Å². The largest absolute Gasteiger partial charge is 0.492 e. The molecule has 0 aliphatic rings. The number of nitro groups is 1. The van der Waals surface area contributed by atoms with Gasteiger partial charge in [-0.3, -0.25) is 10.1 Å². The van der Waals surface area contributed by atoms with Crippen molar-refractivity contribution in [1.82, 2.24) is 0 Å². The molecule has 0 radical (unpaired) electrons. The second kappa shape index (κ2) is 7.46. The van der Waals surface area contributed by atoms with Gasteiger partial charge in [-0.05, 0) is 6.42 Å². The van der Waals surface area contributed by atoms with Crippen molar-refractivity contribution in [3.63, 3.8) is 0 Å². The maximum absolute atomic E-state index is 11.5. The van der Waals surface area contributed by atoms with Gasteiger partial charge in [0, 0.05) is 16.7 Å². The predicted octanol–water partition coefficient (Wildman–Crippen LogP) is 3.10. The van der Waals surface area contributed by atoms with Crippen LogP contribution in [0.2, 0.25) is 0 Å². The second-order valence-electron chi connectivity index (χ2n) is 4.23. The van der Waals surface area contributed by atoms with E-state index < -0.39 is 24.6 Å². The van der Waals surface area contributed by atoms with Crippen molar-refractivity contribution in [2.75, 3.05) is 13.7 Å². The molecule has 0 fully saturated rings. The Morgan fingerprint density at radius 2 is 2.00 bits per heavy atom. The number of nitro benzene ring substituents is 1. The lowest BCUT2D eigenvalue weighted by molar-refractivity contribution is -0.385. The molecule has 0 bridgehead atoms. The number of halogens is 1. The summed E-state index contributed by atoms with van der Waals surface area (Å²) in [4.78, 5) is 9.68. The van der Waals surface area contributed by atoms with E-state index in [0.29, 0.717) is 6.61 Å². The Morgan fingerprint density at radius 1 is 1.33 bits per heavy atom. The highest BCUT2D eigenvalue weighted by atomic mass is 35.7. The van der Waals surface area contributed by atoms with E-state index in [1.54, 1.807) is 0 Å². The SMILES string of the molecule is CCCCCOc1cc([N+](=O)[O-])cc(S(=O)(=O)Cl)c1OC. The van der Waals surface area contributed by atoms with Gasteiger partial charge in [0.25, 0.3) is 14.7 Å². The summed E-state index contributed by atoms with van der Waals surface area (Å²) in [6, 6.07) is 1.97. The van der Waals surface area contributed by atoms with Crippen LogP contribution in [0, 0.1) is 10.1 Å². The van der Waals surface area contributed by atoms with Crippen LogP contribution in [0.3, 0.4) is 0 Å². The summed E-state index contributed by atoms with van der Waals surface area (Å²) >= 11 is 0. The van der Waals surface area contributed by atoms with Crippen LogP contribution in [-0.2, 0) is 9.05 Å². The minimum absolute atomic E-state index is 0.0120. The van der Waals surface area contributed by atoms with Gasteiger partial charge in [-0.1, -0.05) is 19.8 Å². The first-order chi connectivity index (χ1) is 9.81. The quantitative estimate of drug-likeness (QED) is 0.313. The summed E-state index contributed by atoms with van der Waals surface area (Å²) in [6.07, 6.45) is 2.65. The zero-order valence-corrected chi connectivity index (χ0v) is 13.2. The number of non-ortho nitro benzene ring substituents is 1. The van der Waals surface area contributed by atoms with Gasteiger partial charge in [0.15, 0.2) is 11.5 Å². The fourth-order valence-corrected chi connectivity index (χ4v) is 2.70. The lowest BCUT2D eigenvalue weighted by Gasteiger charge is -2.13. The first kappa shape index (κ1) is 17.5. The zero-order valence-electron chi connectivity index (χ0n) is 11.7. The smallest absolute Gasteiger partial charge is 0.274 e. The highest BCUT2D eigenvalue weighted by molar-refractivity contribution is 8.13. The third kappa shape index (κ3) is 4.75. The Morgan fingerprint density at radius 3 is 2.48 bits per heavy atom. The summed E-state index contributed by atoms with van der Waals surface area (Å²) in [6.45, 7) is 2.32. The molecule has 7 nitrogen and oxygen atoms in total. The molecule has 118 valence electrons. The van der Waals surface area contributed by atoms with Crippen molar-refractivity contribution in [2.45, 2.75) is 31.1 Å². The molecule has 0 aliphatic carbocycles. The maximum Gasteiger partial charge on any atom is 0.274 e. The molecule has 0 aliphatic heterocycles. The van der Waals surface area contributed by atoms with Gasteiger partial charge in [0.2, 0.25) is 0 Å². The van der Waals surface area contributed by atoms with Gasteiger partial charge in [0.05, 0.1) is 24.7 Å². The first-order valence-corrected chi connectivity index (χ1v) is 8.56. The number of benzene rings is 1. The Bertz CT molecular complexity index is 616. The third-order valence-corrected chi connectivity index (χ3v) is 4.02. The number of rotatable bonds is 8. The minimum atomic E-state index is -4.20. The molecule has 0 unspecified atom stereocenters. The van der Waals surface area contributed by atoms with Gasteiger partial charge in [-0.2, -0.15) is 0 Å². The molecular formula is C12H16ClNO6S. The fraction of sp³-hybridized carbons (Fsp3) is 0.500. The van der Waals surface area contributed by atoms with E-state index in [9.17, 15) is 18.5 Å². The molecule has 21 heavy (non-hydrogen) atoms. The van der Waals surface area contributed by atoms with Gasteiger partial charge in [0.1, 0.15) is 4.90 Å². The summed E-state index contributed by atoms with van der Waals surface area (Å²) in [5.74, 6) is -0.144. The molecule has 0 saturated heterocycles. The Kier molecular flexibility index (Phi) is 6.22. The van der Waals surface area contributed by atoms with Crippen LogP contribution >= 0.6 is 10.7 Å². The average molecular weight is 338 g/mol. The number of methoxy groups -OCH3 is 1. The number of hydrogen-bond acceptors (Lipinski definition) is 6. The van der Waals surface area contributed by atoms with Crippen molar-refractivity contribution in [1.29, 1.82) is 0 Å². The Labute approximate surface area is 127 Å². The van der Waals surface area contributed by atoms with Crippen LogP contribution in [-0.4, -0.2) is 27.1 Å². The van der Waals surface area contributed by atoms with Crippen molar-refractivity contribution < 1.29 is 22.8 Å². The molecule has 0 spiro atoms. The standard InChI is InChI=1S/C12H16ClNO6S/c1-3-4-5-6-20-10-7-9(14(15)16)8-11(12(10)19-2)21(13,17)18/h7-8H,3-6H2,1-2H3. The highest BCUT2D eigenvalue weighted by Gasteiger charge is 2.26. The third-order valence-electron chi connectivity index (χ3n) is 2.69. The molecule has 1 aromatic carbocycles. The van der Waals surface area contributed by atoms with E-state index in [0.717, 1.165) is 31.4 Å². The molecule has 0 atom stereocenters. The molecule has 9 heteroatoms. The summed E-state index contributed by atoms with van der Waals surface area (Å²) in [5, 5.41) is 10.9. The van der Waals surface area contributed by atoms with Gasteiger partial charge in [-0.25, -0.2) is 8.42 Å². The van der Waals surface area contributed by atoms with Gasteiger partial charge >= 0.3 is 0 Å².